The van der Waals surface area contributed by atoms with E-state index in [1.807, 2.05) is 7.11 Å². The maximum Gasteiger partial charge on any atom is 0.0747 e. The second kappa shape index (κ2) is 8.12. The van der Waals surface area contributed by atoms with E-state index >= 15 is 0 Å². The molecule has 0 saturated carbocycles. The Labute approximate surface area is 95.8 Å². The van der Waals surface area contributed by atoms with Crippen LogP contribution in [0.25, 0.3) is 0 Å². The van der Waals surface area contributed by atoms with Gasteiger partial charge in [-0.3, -0.25) is 0 Å². The van der Waals surface area contributed by atoms with Crippen LogP contribution in [0.1, 0.15) is 47.5 Å². The summed E-state index contributed by atoms with van der Waals surface area (Å²) in [5.74, 6) is 1.34. The Morgan fingerprint density at radius 3 is 2.07 bits per heavy atom. The Balaban J connectivity index is 4.33. The highest BCUT2D eigenvalue weighted by atomic mass is 16.5. The Morgan fingerprint density at radius 1 is 1.13 bits per heavy atom. The second-order valence-corrected chi connectivity index (χ2v) is 4.86. The number of methoxy groups -OCH3 is 1. The molecule has 0 heterocycles. The van der Waals surface area contributed by atoms with Crippen LogP contribution < -0.4 is 5.32 Å². The van der Waals surface area contributed by atoms with E-state index in [9.17, 15) is 0 Å². The van der Waals surface area contributed by atoms with Gasteiger partial charge in [0.2, 0.25) is 0 Å². The van der Waals surface area contributed by atoms with Crippen molar-refractivity contribution in [3.8, 4) is 0 Å². The van der Waals surface area contributed by atoms with Gasteiger partial charge in [0.25, 0.3) is 0 Å². The quantitative estimate of drug-likeness (QED) is 0.672. The molecule has 2 nitrogen and oxygen atoms in total. The predicted molar refractivity (Wildman–Crippen MR) is 67.2 cm³/mol. The third-order valence-corrected chi connectivity index (χ3v) is 3.15. The van der Waals surface area contributed by atoms with E-state index in [2.05, 4.69) is 39.9 Å². The molecule has 2 heteroatoms. The molecule has 0 aliphatic rings. The summed E-state index contributed by atoms with van der Waals surface area (Å²) >= 11 is 0. The molecule has 3 atom stereocenters. The summed E-state index contributed by atoms with van der Waals surface area (Å²) in [5, 5.41) is 3.56. The van der Waals surface area contributed by atoms with Gasteiger partial charge < -0.3 is 10.1 Å². The van der Waals surface area contributed by atoms with Crippen molar-refractivity contribution in [3.05, 3.63) is 0 Å². The molecule has 0 fully saturated rings. The lowest BCUT2D eigenvalue weighted by Crippen LogP contribution is -2.44. The van der Waals surface area contributed by atoms with Gasteiger partial charge in [0.05, 0.1) is 6.10 Å². The topological polar surface area (TPSA) is 21.3 Å². The van der Waals surface area contributed by atoms with Gasteiger partial charge in [-0.1, -0.05) is 41.0 Å². The first-order chi connectivity index (χ1) is 7.06. The number of ether oxygens (including phenoxy) is 1. The molecule has 0 bridgehead atoms. The maximum absolute atomic E-state index is 5.61. The molecule has 0 aliphatic carbocycles. The molecule has 0 aromatic rings. The lowest BCUT2D eigenvalue weighted by molar-refractivity contribution is 0.0268. The van der Waals surface area contributed by atoms with Gasteiger partial charge in [0, 0.05) is 13.2 Å². The lowest BCUT2D eigenvalue weighted by atomic mass is 9.90. The van der Waals surface area contributed by atoms with Crippen LogP contribution in [-0.4, -0.2) is 25.8 Å². The van der Waals surface area contributed by atoms with Crippen LogP contribution in [0.4, 0.5) is 0 Å². The van der Waals surface area contributed by atoms with E-state index in [0.29, 0.717) is 18.1 Å². The molecule has 0 aromatic heterocycles. The molecule has 0 radical (unpaired) electrons. The van der Waals surface area contributed by atoms with Gasteiger partial charge in [-0.25, -0.2) is 0 Å². The van der Waals surface area contributed by atoms with Crippen molar-refractivity contribution < 1.29 is 4.74 Å². The molecular weight excluding hydrogens is 186 g/mol. The van der Waals surface area contributed by atoms with E-state index in [1.165, 1.54) is 12.8 Å². The smallest absolute Gasteiger partial charge is 0.0747 e. The summed E-state index contributed by atoms with van der Waals surface area (Å²) in [5.41, 5.74) is 0. The van der Waals surface area contributed by atoms with Crippen molar-refractivity contribution in [1.29, 1.82) is 0 Å². The van der Waals surface area contributed by atoms with Crippen LogP contribution in [-0.2, 0) is 4.74 Å². The first-order valence-electron chi connectivity index (χ1n) is 6.32. The van der Waals surface area contributed by atoms with E-state index in [4.69, 9.17) is 4.74 Å². The van der Waals surface area contributed by atoms with Gasteiger partial charge in [0.1, 0.15) is 0 Å². The van der Waals surface area contributed by atoms with Crippen molar-refractivity contribution in [2.45, 2.75) is 59.6 Å². The van der Waals surface area contributed by atoms with Crippen LogP contribution in [0.5, 0.6) is 0 Å². The fourth-order valence-corrected chi connectivity index (χ4v) is 2.10. The van der Waals surface area contributed by atoms with Crippen LogP contribution in [0.15, 0.2) is 0 Å². The van der Waals surface area contributed by atoms with Crippen molar-refractivity contribution in [3.63, 3.8) is 0 Å². The maximum atomic E-state index is 5.61. The average molecular weight is 215 g/mol. The van der Waals surface area contributed by atoms with E-state index in [1.54, 1.807) is 0 Å². The number of likely N-dealkylation sites (N-methyl/N-ethyl adjacent to an activating group) is 1. The molecule has 0 amide bonds. The fourth-order valence-electron chi connectivity index (χ4n) is 2.10. The predicted octanol–water partition coefficient (Wildman–Crippen LogP) is 3.07. The number of nitrogens with one attached hydrogen (secondary N) is 1. The minimum atomic E-state index is 0.332. The van der Waals surface area contributed by atoms with E-state index in [0.717, 1.165) is 12.5 Å². The van der Waals surface area contributed by atoms with Crippen LogP contribution in [0, 0.1) is 11.8 Å². The Kier molecular flexibility index (Phi) is 8.07. The first kappa shape index (κ1) is 14.9. The summed E-state index contributed by atoms with van der Waals surface area (Å²) in [4.78, 5) is 0. The van der Waals surface area contributed by atoms with Crippen LogP contribution in [0.3, 0.4) is 0 Å². The molecule has 3 unspecified atom stereocenters. The third kappa shape index (κ3) is 5.53. The van der Waals surface area contributed by atoms with E-state index in [-0.39, 0.29) is 0 Å². The molecule has 0 rings (SSSR count). The summed E-state index contributed by atoms with van der Waals surface area (Å²) in [6, 6.07) is 0.495. The zero-order valence-electron chi connectivity index (χ0n) is 11.3. The number of hydrogen-bond donors (Lipinski definition) is 1. The van der Waals surface area contributed by atoms with Crippen molar-refractivity contribution >= 4 is 0 Å². The van der Waals surface area contributed by atoms with Crippen LogP contribution in [0.2, 0.25) is 0 Å². The minimum absolute atomic E-state index is 0.332. The molecule has 1 N–H and O–H groups in total. The highest BCUT2D eigenvalue weighted by molar-refractivity contribution is 4.80. The molecule has 0 aromatic carbocycles. The Bertz CT molecular complexity index is 147. The van der Waals surface area contributed by atoms with Crippen molar-refractivity contribution in [1.82, 2.24) is 5.32 Å². The lowest BCUT2D eigenvalue weighted by Gasteiger charge is -2.31. The highest BCUT2D eigenvalue weighted by Gasteiger charge is 2.24. The number of hydrogen-bond acceptors (Lipinski definition) is 2. The summed E-state index contributed by atoms with van der Waals surface area (Å²) in [7, 11) is 1.83. The Hall–Kier alpha value is -0.0800. The number of rotatable bonds is 8. The van der Waals surface area contributed by atoms with Gasteiger partial charge in [0.15, 0.2) is 0 Å². The summed E-state index contributed by atoms with van der Waals surface area (Å²) < 4.78 is 5.61. The summed E-state index contributed by atoms with van der Waals surface area (Å²) in [6.07, 6.45) is 2.79. The average Bonchev–Trinajstić information content (AvgIpc) is 2.18. The molecule has 0 aliphatic heterocycles. The monoisotopic (exact) mass is 215 g/mol. The molecule has 92 valence electrons. The van der Waals surface area contributed by atoms with Gasteiger partial charge in [-0.05, 0) is 24.8 Å². The van der Waals surface area contributed by atoms with Crippen molar-refractivity contribution in [2.75, 3.05) is 13.7 Å². The van der Waals surface area contributed by atoms with E-state index < -0.39 is 0 Å². The van der Waals surface area contributed by atoms with Gasteiger partial charge in [-0.15, -0.1) is 0 Å². The molecule has 0 spiro atoms. The zero-order chi connectivity index (χ0) is 11.8. The molecule has 0 saturated heterocycles. The van der Waals surface area contributed by atoms with Crippen LogP contribution >= 0.6 is 0 Å². The largest absolute Gasteiger partial charge is 0.380 e. The minimum Gasteiger partial charge on any atom is -0.380 e. The SMILES string of the molecule is CCNC(CC(C)CC)C(OC)C(C)C. The standard InChI is InChI=1S/C13H29NO/c1-7-11(5)9-12(14-8-2)13(15-6)10(3)4/h10-14H,7-9H2,1-6H3. The summed E-state index contributed by atoms with van der Waals surface area (Å²) in [6.45, 7) is 12.2. The fraction of sp³-hybridized carbons (Fsp3) is 1.00. The Morgan fingerprint density at radius 2 is 1.73 bits per heavy atom. The normalized spacial score (nSPS) is 17.8. The second-order valence-electron chi connectivity index (χ2n) is 4.86. The molecular formula is C13H29NO. The van der Waals surface area contributed by atoms with Gasteiger partial charge in [-0.2, -0.15) is 0 Å². The van der Waals surface area contributed by atoms with Crippen molar-refractivity contribution in [2.24, 2.45) is 11.8 Å². The third-order valence-electron chi connectivity index (χ3n) is 3.15. The van der Waals surface area contributed by atoms with Gasteiger partial charge >= 0.3 is 0 Å². The zero-order valence-corrected chi connectivity index (χ0v) is 11.3. The molecule has 15 heavy (non-hydrogen) atoms. The highest BCUT2D eigenvalue weighted by Crippen LogP contribution is 2.18. The first-order valence-corrected chi connectivity index (χ1v) is 6.32.